The molecule has 194 valence electrons. The highest BCUT2D eigenvalue weighted by Gasteiger charge is 2.27. The van der Waals surface area contributed by atoms with Crippen LogP contribution in [-0.4, -0.2) is 47.0 Å². The molecule has 0 fully saturated rings. The van der Waals surface area contributed by atoms with Crippen molar-refractivity contribution >= 4 is 11.9 Å². The van der Waals surface area contributed by atoms with Crippen LogP contribution in [0.5, 0.6) is 17.2 Å². The summed E-state index contributed by atoms with van der Waals surface area (Å²) in [6, 6.07) is 14.4. The van der Waals surface area contributed by atoms with E-state index < -0.39 is 30.0 Å². The number of aromatic nitrogens is 1. The minimum Gasteiger partial charge on any atom is -0.507 e. The van der Waals surface area contributed by atoms with Gasteiger partial charge in [0.25, 0.3) is 5.56 Å². The highest BCUT2D eigenvalue weighted by Crippen LogP contribution is 2.33. The molecular weight excluding hydrogens is 478 g/mol. The van der Waals surface area contributed by atoms with E-state index in [0.29, 0.717) is 30.2 Å². The third kappa shape index (κ3) is 5.94. The summed E-state index contributed by atoms with van der Waals surface area (Å²) in [7, 11) is 1.24. The third-order valence-electron chi connectivity index (χ3n) is 6.46. The number of nitrogens with zero attached hydrogens (tertiary/aromatic N) is 1. The van der Waals surface area contributed by atoms with Crippen LogP contribution in [0.3, 0.4) is 0 Å². The number of carbonyl (C=O) groups is 2. The number of benzene rings is 2. The Labute approximate surface area is 213 Å². The smallest absolute Gasteiger partial charge is 0.323 e. The van der Waals surface area contributed by atoms with Gasteiger partial charge in [-0.1, -0.05) is 24.3 Å². The van der Waals surface area contributed by atoms with Crippen LogP contribution in [0.15, 0.2) is 53.3 Å². The Hall–Kier alpha value is -4.27. The van der Waals surface area contributed by atoms with Crippen molar-refractivity contribution in [1.29, 1.82) is 0 Å². The highest BCUT2D eigenvalue weighted by atomic mass is 16.5. The molecule has 0 unspecified atom stereocenters. The predicted molar refractivity (Wildman–Crippen MR) is 134 cm³/mol. The summed E-state index contributed by atoms with van der Waals surface area (Å²) in [5, 5.41) is 19.9. The molecule has 4 rings (SSSR count). The number of carbonyl (C=O) groups excluding carboxylic acids is 1. The van der Waals surface area contributed by atoms with Crippen molar-refractivity contribution in [1.82, 2.24) is 4.57 Å². The van der Waals surface area contributed by atoms with Crippen molar-refractivity contribution in [2.24, 2.45) is 0 Å². The Morgan fingerprint density at radius 2 is 1.89 bits per heavy atom. The van der Waals surface area contributed by atoms with Crippen LogP contribution >= 0.6 is 0 Å². The number of aryl methyl sites for hydroxylation is 1. The van der Waals surface area contributed by atoms with Crippen molar-refractivity contribution in [3.05, 3.63) is 86.8 Å². The van der Waals surface area contributed by atoms with Crippen molar-refractivity contribution in [2.45, 2.75) is 38.6 Å². The number of hydrogen-bond acceptors (Lipinski definition) is 7. The van der Waals surface area contributed by atoms with Crippen LogP contribution < -0.4 is 15.0 Å². The molecular formula is C28H29NO8. The standard InChI is InChI=1S/C28H29NO8/c1-17-13-23(30)27(28(34)29(17)16-25(31)32)22(15-26(33)35-2)19-4-6-21(7-5-19)36-11-9-18-3-8-24-20(14-18)10-12-37-24/h3-8,13-14,22,30H,9-12,15-16H2,1-2H3,(H,31,32)/t22-/m1/s1. The predicted octanol–water partition coefficient (Wildman–Crippen LogP) is 3.20. The first-order valence-corrected chi connectivity index (χ1v) is 12.0. The zero-order chi connectivity index (χ0) is 26.5. The summed E-state index contributed by atoms with van der Waals surface area (Å²) in [5.41, 5.74) is 2.51. The lowest BCUT2D eigenvalue weighted by Gasteiger charge is -2.20. The topological polar surface area (TPSA) is 124 Å². The number of fused-ring (bicyclic) bond motifs is 1. The monoisotopic (exact) mass is 507 g/mol. The van der Waals surface area contributed by atoms with Crippen molar-refractivity contribution in [2.75, 3.05) is 20.3 Å². The Kier molecular flexibility index (Phi) is 7.81. The van der Waals surface area contributed by atoms with Crippen LogP contribution in [-0.2, 0) is 33.7 Å². The maximum atomic E-state index is 13.2. The summed E-state index contributed by atoms with van der Waals surface area (Å²) in [6.45, 7) is 2.15. The van der Waals surface area contributed by atoms with Crippen molar-refractivity contribution in [3.63, 3.8) is 0 Å². The molecule has 2 heterocycles. The fourth-order valence-electron chi connectivity index (χ4n) is 4.54. The van der Waals surface area contributed by atoms with E-state index in [9.17, 15) is 24.6 Å². The minimum atomic E-state index is -1.19. The molecule has 0 bridgehead atoms. The minimum absolute atomic E-state index is 0.0634. The first kappa shape index (κ1) is 25.8. The maximum absolute atomic E-state index is 13.2. The quantitative estimate of drug-likeness (QED) is 0.401. The lowest BCUT2D eigenvalue weighted by molar-refractivity contribution is -0.141. The second kappa shape index (κ2) is 11.2. The van der Waals surface area contributed by atoms with E-state index in [0.717, 1.165) is 28.7 Å². The summed E-state index contributed by atoms with van der Waals surface area (Å²) in [4.78, 5) is 36.7. The zero-order valence-corrected chi connectivity index (χ0v) is 20.7. The van der Waals surface area contributed by atoms with Gasteiger partial charge in [-0.3, -0.25) is 14.4 Å². The van der Waals surface area contributed by atoms with Gasteiger partial charge in [-0.15, -0.1) is 0 Å². The maximum Gasteiger partial charge on any atom is 0.323 e. The van der Waals surface area contributed by atoms with Gasteiger partial charge in [0, 0.05) is 24.5 Å². The highest BCUT2D eigenvalue weighted by molar-refractivity contribution is 5.72. The van der Waals surface area contributed by atoms with Gasteiger partial charge in [-0.05, 0) is 47.9 Å². The first-order chi connectivity index (χ1) is 17.8. The second-order valence-electron chi connectivity index (χ2n) is 8.91. The molecule has 0 aliphatic carbocycles. The summed E-state index contributed by atoms with van der Waals surface area (Å²) >= 11 is 0. The molecule has 0 saturated carbocycles. The summed E-state index contributed by atoms with van der Waals surface area (Å²) in [6.07, 6.45) is 1.42. The number of aromatic hydroxyl groups is 1. The fourth-order valence-corrected chi connectivity index (χ4v) is 4.54. The molecule has 37 heavy (non-hydrogen) atoms. The Morgan fingerprint density at radius 1 is 1.14 bits per heavy atom. The lowest BCUT2D eigenvalue weighted by Crippen LogP contribution is -2.30. The Bertz CT molecular complexity index is 1360. The van der Waals surface area contributed by atoms with Gasteiger partial charge in [0.2, 0.25) is 0 Å². The van der Waals surface area contributed by atoms with Crippen LogP contribution in [0.1, 0.15) is 40.3 Å². The Morgan fingerprint density at radius 3 is 2.59 bits per heavy atom. The van der Waals surface area contributed by atoms with E-state index >= 15 is 0 Å². The molecule has 2 N–H and O–H groups in total. The molecule has 2 aromatic carbocycles. The van der Waals surface area contributed by atoms with Crippen molar-refractivity contribution < 1.29 is 34.0 Å². The average molecular weight is 508 g/mol. The fraction of sp³-hybridized carbons (Fsp3) is 0.321. The van der Waals surface area contributed by atoms with Gasteiger partial charge >= 0.3 is 11.9 Å². The van der Waals surface area contributed by atoms with Crippen molar-refractivity contribution in [3.8, 4) is 17.2 Å². The van der Waals surface area contributed by atoms with Gasteiger partial charge in [-0.2, -0.15) is 0 Å². The lowest BCUT2D eigenvalue weighted by atomic mass is 9.88. The molecule has 0 saturated heterocycles. The molecule has 1 aromatic heterocycles. The van der Waals surface area contributed by atoms with E-state index in [1.54, 1.807) is 24.3 Å². The number of carboxylic acids is 1. The first-order valence-electron chi connectivity index (χ1n) is 12.0. The van der Waals surface area contributed by atoms with Gasteiger partial charge in [-0.25, -0.2) is 0 Å². The van der Waals surface area contributed by atoms with E-state index in [2.05, 4.69) is 6.07 Å². The molecule has 3 aromatic rings. The molecule has 0 amide bonds. The zero-order valence-electron chi connectivity index (χ0n) is 20.7. The van der Waals surface area contributed by atoms with E-state index in [4.69, 9.17) is 14.2 Å². The molecule has 0 radical (unpaired) electrons. The van der Waals surface area contributed by atoms with Crippen LogP contribution in [0.4, 0.5) is 0 Å². The largest absolute Gasteiger partial charge is 0.507 e. The number of pyridine rings is 1. The molecule has 1 aliphatic rings. The van der Waals surface area contributed by atoms with Crippen LogP contribution in [0.2, 0.25) is 0 Å². The van der Waals surface area contributed by atoms with E-state index in [-0.39, 0.29) is 17.7 Å². The number of aliphatic carboxylic acids is 1. The SMILES string of the molecule is COC(=O)C[C@H](c1ccc(OCCc2ccc3c(c2)CCO3)cc1)c1c(O)cc(C)n(CC(=O)O)c1=O. The van der Waals surface area contributed by atoms with Gasteiger partial charge in [0.05, 0.1) is 32.3 Å². The average Bonchev–Trinajstić information content (AvgIpc) is 3.34. The van der Waals surface area contributed by atoms with Gasteiger partial charge in [0.15, 0.2) is 0 Å². The normalized spacial score (nSPS) is 12.9. The third-order valence-corrected chi connectivity index (χ3v) is 6.46. The van der Waals surface area contributed by atoms with E-state index in [1.165, 1.54) is 25.7 Å². The number of methoxy groups -OCH3 is 1. The van der Waals surface area contributed by atoms with Crippen LogP contribution in [0.25, 0.3) is 0 Å². The second-order valence-corrected chi connectivity index (χ2v) is 8.91. The molecule has 9 nitrogen and oxygen atoms in total. The number of esters is 1. The van der Waals surface area contributed by atoms with Crippen LogP contribution in [0, 0.1) is 6.92 Å². The number of rotatable bonds is 10. The van der Waals surface area contributed by atoms with Gasteiger partial charge < -0.3 is 29.0 Å². The number of carboxylic acid groups (broad SMARTS) is 1. The molecule has 0 spiro atoms. The molecule has 1 aliphatic heterocycles. The molecule has 9 heteroatoms. The van der Waals surface area contributed by atoms with E-state index in [1.807, 2.05) is 12.1 Å². The Balaban J connectivity index is 1.54. The number of hydrogen-bond donors (Lipinski definition) is 2. The summed E-state index contributed by atoms with van der Waals surface area (Å²) < 4.78 is 17.3. The molecule has 1 atom stereocenters. The number of ether oxygens (including phenoxy) is 3. The van der Waals surface area contributed by atoms with Gasteiger partial charge in [0.1, 0.15) is 23.8 Å². The summed E-state index contributed by atoms with van der Waals surface area (Å²) in [5.74, 6) is -1.37.